The number of amides is 1. The summed E-state index contributed by atoms with van der Waals surface area (Å²) in [5.41, 5.74) is 1.07. The summed E-state index contributed by atoms with van der Waals surface area (Å²) in [6.45, 7) is 4.91. The highest BCUT2D eigenvalue weighted by atomic mass is 35.5. The van der Waals surface area contributed by atoms with E-state index >= 15 is 0 Å². The lowest BCUT2D eigenvalue weighted by Gasteiger charge is -2.34. The molecule has 4 heteroatoms. The molecule has 1 saturated heterocycles. The van der Waals surface area contributed by atoms with E-state index in [0.717, 1.165) is 18.5 Å². The first-order valence-corrected chi connectivity index (χ1v) is 6.98. The Hall–Kier alpha value is -0.730. The minimum absolute atomic E-state index is 0.220. The molecule has 18 heavy (non-hydrogen) atoms. The van der Waals surface area contributed by atoms with E-state index in [-0.39, 0.29) is 17.9 Å². The number of rotatable bonds is 2. The molecule has 1 fully saturated rings. The van der Waals surface area contributed by atoms with Gasteiger partial charge in [0.1, 0.15) is 0 Å². The molecule has 2 nitrogen and oxygen atoms in total. The third-order valence-electron chi connectivity index (χ3n) is 3.44. The third kappa shape index (κ3) is 2.99. The Balaban J connectivity index is 2.15. The van der Waals surface area contributed by atoms with Crippen LogP contribution in [0.25, 0.3) is 0 Å². The second-order valence-corrected chi connectivity index (χ2v) is 5.95. The normalized spacial score (nSPS) is 20.6. The van der Waals surface area contributed by atoms with Gasteiger partial charge < -0.3 is 4.90 Å². The van der Waals surface area contributed by atoms with Gasteiger partial charge in [-0.15, -0.1) is 0 Å². The summed E-state index contributed by atoms with van der Waals surface area (Å²) in [7, 11) is 0. The number of piperidine rings is 1. The van der Waals surface area contributed by atoms with Crippen LogP contribution in [0.1, 0.15) is 38.2 Å². The Morgan fingerprint density at radius 3 is 2.33 bits per heavy atom. The molecule has 1 atom stereocenters. The first kappa shape index (κ1) is 13.7. The minimum atomic E-state index is 0.220. The first-order chi connectivity index (χ1) is 8.47. The maximum atomic E-state index is 12.0. The van der Waals surface area contributed by atoms with Crippen molar-refractivity contribution in [2.24, 2.45) is 0 Å². The number of likely N-dealkylation sites (tertiary alicyclic amines) is 1. The average molecular weight is 286 g/mol. The van der Waals surface area contributed by atoms with Gasteiger partial charge >= 0.3 is 0 Å². The van der Waals surface area contributed by atoms with E-state index < -0.39 is 0 Å². The van der Waals surface area contributed by atoms with Crippen molar-refractivity contribution in [1.82, 2.24) is 4.90 Å². The SMILES string of the molecule is CC(C)N1CCC(c2cc(Cl)cc(Cl)c2)CC1=O. The van der Waals surface area contributed by atoms with Gasteiger partial charge in [0, 0.05) is 29.1 Å². The molecule has 1 heterocycles. The van der Waals surface area contributed by atoms with Gasteiger partial charge in [-0.25, -0.2) is 0 Å². The lowest BCUT2D eigenvalue weighted by molar-refractivity contribution is -0.135. The van der Waals surface area contributed by atoms with Gasteiger partial charge in [0.05, 0.1) is 0 Å². The van der Waals surface area contributed by atoms with E-state index in [4.69, 9.17) is 23.2 Å². The summed E-state index contributed by atoms with van der Waals surface area (Å²) < 4.78 is 0. The molecule has 1 aromatic carbocycles. The van der Waals surface area contributed by atoms with E-state index in [1.54, 1.807) is 6.07 Å². The summed E-state index contributed by atoms with van der Waals surface area (Å²) in [5, 5.41) is 1.27. The highest BCUT2D eigenvalue weighted by Gasteiger charge is 2.28. The van der Waals surface area contributed by atoms with Crippen LogP contribution in [0.5, 0.6) is 0 Å². The topological polar surface area (TPSA) is 20.3 Å². The second-order valence-electron chi connectivity index (χ2n) is 5.07. The molecule has 2 rings (SSSR count). The van der Waals surface area contributed by atoms with Crippen molar-refractivity contribution in [3.8, 4) is 0 Å². The lowest BCUT2D eigenvalue weighted by Crippen LogP contribution is -2.42. The molecule has 0 aliphatic carbocycles. The van der Waals surface area contributed by atoms with Crippen molar-refractivity contribution in [1.29, 1.82) is 0 Å². The minimum Gasteiger partial charge on any atom is -0.340 e. The van der Waals surface area contributed by atoms with Gasteiger partial charge in [0.25, 0.3) is 0 Å². The second kappa shape index (κ2) is 5.50. The van der Waals surface area contributed by atoms with Crippen LogP contribution in [-0.2, 0) is 4.79 Å². The van der Waals surface area contributed by atoms with E-state index in [1.807, 2.05) is 17.0 Å². The standard InChI is InChI=1S/C14H17Cl2NO/c1-9(2)17-4-3-10(7-14(17)18)11-5-12(15)8-13(16)6-11/h5-6,8-10H,3-4,7H2,1-2H3. The van der Waals surface area contributed by atoms with E-state index in [0.29, 0.717) is 16.5 Å². The molecule has 1 amide bonds. The van der Waals surface area contributed by atoms with Gasteiger partial charge in [-0.1, -0.05) is 23.2 Å². The zero-order chi connectivity index (χ0) is 13.3. The molecule has 1 aromatic rings. The molecule has 0 spiro atoms. The van der Waals surface area contributed by atoms with Crippen molar-refractivity contribution >= 4 is 29.1 Å². The van der Waals surface area contributed by atoms with Crippen LogP contribution in [0.4, 0.5) is 0 Å². The number of carbonyl (C=O) groups is 1. The largest absolute Gasteiger partial charge is 0.340 e. The number of hydrogen-bond donors (Lipinski definition) is 0. The van der Waals surface area contributed by atoms with Crippen LogP contribution >= 0.6 is 23.2 Å². The number of benzene rings is 1. The highest BCUT2D eigenvalue weighted by Crippen LogP contribution is 2.32. The van der Waals surface area contributed by atoms with Crippen molar-refractivity contribution < 1.29 is 4.79 Å². The highest BCUT2D eigenvalue weighted by molar-refractivity contribution is 6.34. The molecular weight excluding hydrogens is 269 g/mol. The monoisotopic (exact) mass is 285 g/mol. The molecule has 1 aliphatic heterocycles. The summed E-state index contributed by atoms with van der Waals surface area (Å²) in [4.78, 5) is 14.0. The summed E-state index contributed by atoms with van der Waals surface area (Å²) >= 11 is 12.0. The number of carbonyl (C=O) groups excluding carboxylic acids is 1. The predicted octanol–water partition coefficient (Wildman–Crippen LogP) is 4.11. The Labute approximate surface area is 118 Å². The van der Waals surface area contributed by atoms with Gasteiger partial charge in [0.2, 0.25) is 5.91 Å². The molecule has 0 N–H and O–H groups in total. The van der Waals surface area contributed by atoms with Crippen LogP contribution in [0.2, 0.25) is 10.0 Å². The maximum absolute atomic E-state index is 12.0. The third-order valence-corrected chi connectivity index (χ3v) is 3.88. The number of halogens is 2. The number of hydrogen-bond acceptors (Lipinski definition) is 1. The Kier molecular flexibility index (Phi) is 4.18. The predicted molar refractivity (Wildman–Crippen MR) is 75.3 cm³/mol. The molecule has 0 radical (unpaired) electrons. The van der Waals surface area contributed by atoms with Gasteiger partial charge in [0.15, 0.2) is 0 Å². The van der Waals surface area contributed by atoms with Crippen LogP contribution in [0.3, 0.4) is 0 Å². The molecule has 0 bridgehead atoms. The van der Waals surface area contributed by atoms with Crippen molar-refractivity contribution in [3.63, 3.8) is 0 Å². The zero-order valence-electron chi connectivity index (χ0n) is 10.6. The summed E-state index contributed by atoms with van der Waals surface area (Å²) in [5.74, 6) is 0.459. The molecule has 98 valence electrons. The van der Waals surface area contributed by atoms with Gasteiger partial charge in [-0.3, -0.25) is 4.79 Å². The van der Waals surface area contributed by atoms with Crippen LogP contribution in [0, 0.1) is 0 Å². The van der Waals surface area contributed by atoms with Crippen molar-refractivity contribution in [2.75, 3.05) is 6.54 Å². The fourth-order valence-electron chi connectivity index (χ4n) is 2.49. The Morgan fingerprint density at radius 2 is 1.83 bits per heavy atom. The first-order valence-electron chi connectivity index (χ1n) is 6.23. The summed E-state index contributed by atoms with van der Waals surface area (Å²) in [6.07, 6.45) is 1.52. The van der Waals surface area contributed by atoms with Gasteiger partial charge in [-0.2, -0.15) is 0 Å². The summed E-state index contributed by atoms with van der Waals surface area (Å²) in [6, 6.07) is 5.83. The van der Waals surface area contributed by atoms with Crippen molar-refractivity contribution in [2.45, 2.75) is 38.6 Å². The smallest absolute Gasteiger partial charge is 0.223 e. The molecule has 0 saturated carbocycles. The lowest BCUT2D eigenvalue weighted by atomic mass is 9.88. The Bertz CT molecular complexity index is 439. The fraction of sp³-hybridized carbons (Fsp3) is 0.500. The quantitative estimate of drug-likeness (QED) is 0.801. The molecule has 0 aromatic heterocycles. The van der Waals surface area contributed by atoms with Crippen LogP contribution in [0.15, 0.2) is 18.2 Å². The van der Waals surface area contributed by atoms with E-state index in [1.165, 1.54) is 0 Å². The molecule has 1 aliphatic rings. The number of nitrogens with zero attached hydrogens (tertiary/aromatic N) is 1. The van der Waals surface area contributed by atoms with E-state index in [2.05, 4.69) is 13.8 Å². The molecule has 1 unspecified atom stereocenters. The zero-order valence-corrected chi connectivity index (χ0v) is 12.1. The fourth-order valence-corrected chi connectivity index (χ4v) is 3.03. The average Bonchev–Trinajstić information content (AvgIpc) is 2.26. The van der Waals surface area contributed by atoms with Crippen LogP contribution < -0.4 is 0 Å². The van der Waals surface area contributed by atoms with E-state index in [9.17, 15) is 4.79 Å². The Morgan fingerprint density at radius 1 is 1.22 bits per heavy atom. The van der Waals surface area contributed by atoms with Crippen LogP contribution in [-0.4, -0.2) is 23.4 Å². The maximum Gasteiger partial charge on any atom is 0.223 e. The van der Waals surface area contributed by atoms with Crippen molar-refractivity contribution in [3.05, 3.63) is 33.8 Å². The van der Waals surface area contributed by atoms with Gasteiger partial charge in [-0.05, 0) is 49.9 Å². The molecular formula is C14H17Cl2NO.